The number of carbonyl (C=O) groups excluding carboxylic acids is 1. The van der Waals surface area contributed by atoms with Gasteiger partial charge in [0.2, 0.25) is 11.0 Å². The molecule has 1 aliphatic rings. The normalized spacial score (nSPS) is 17.9. The van der Waals surface area contributed by atoms with Crippen molar-refractivity contribution < 1.29 is 13.2 Å². The Balaban J connectivity index is 2.00. The van der Waals surface area contributed by atoms with Crippen molar-refractivity contribution in [2.75, 3.05) is 11.1 Å². The van der Waals surface area contributed by atoms with Crippen LogP contribution in [0.25, 0.3) is 0 Å². The molecule has 0 aliphatic heterocycles. The molecule has 1 amide bonds. The summed E-state index contributed by atoms with van der Waals surface area (Å²) >= 11 is 1.34. The molecular formula is C14H21N3O3S2. The van der Waals surface area contributed by atoms with E-state index < -0.39 is 21.0 Å². The first-order valence-electron chi connectivity index (χ1n) is 7.40. The van der Waals surface area contributed by atoms with Crippen LogP contribution in [0.3, 0.4) is 0 Å². The number of nitrogens with one attached hydrogen (secondary N) is 1. The molecule has 0 bridgehead atoms. The van der Waals surface area contributed by atoms with Gasteiger partial charge in [0.25, 0.3) is 0 Å². The summed E-state index contributed by atoms with van der Waals surface area (Å²) < 4.78 is 23.7. The first-order chi connectivity index (χ1) is 10.4. The Morgan fingerprint density at radius 3 is 2.73 bits per heavy atom. The number of hydrogen-bond donors (Lipinski definition) is 1. The monoisotopic (exact) mass is 343 g/mol. The maximum atomic E-state index is 12.0. The summed E-state index contributed by atoms with van der Waals surface area (Å²) in [6.45, 7) is 4.77. The highest BCUT2D eigenvalue weighted by atomic mass is 32.2. The molecule has 1 fully saturated rings. The first kappa shape index (κ1) is 17.1. The Kier molecular flexibility index (Phi) is 5.69. The fourth-order valence-electron chi connectivity index (χ4n) is 2.48. The Labute approximate surface area is 135 Å². The summed E-state index contributed by atoms with van der Waals surface area (Å²) in [7, 11) is -3.52. The average molecular weight is 343 g/mol. The van der Waals surface area contributed by atoms with Crippen molar-refractivity contribution in [3.05, 3.63) is 17.7 Å². The molecule has 1 aromatic rings. The molecule has 122 valence electrons. The highest BCUT2D eigenvalue weighted by molar-refractivity contribution is 7.92. The van der Waals surface area contributed by atoms with Crippen molar-refractivity contribution >= 4 is 32.2 Å². The molecule has 22 heavy (non-hydrogen) atoms. The lowest BCUT2D eigenvalue weighted by Crippen LogP contribution is -2.33. The standard InChI is InChI=1S/C14H21N3O3S2/c1-3-9-22(19,20)10(2)12(18)15-14-17-16-13(21-14)11-7-5-4-6-8-11/h3,10-11H,1,4-9H2,2H3,(H,15,17,18). The predicted octanol–water partition coefficient (Wildman–Crippen LogP) is 2.51. The van der Waals surface area contributed by atoms with E-state index in [4.69, 9.17) is 0 Å². The molecule has 1 saturated carbocycles. The third-order valence-corrected chi connectivity index (χ3v) is 6.88. The van der Waals surface area contributed by atoms with E-state index in [9.17, 15) is 13.2 Å². The minimum Gasteiger partial charge on any atom is -0.299 e. The first-order valence-corrected chi connectivity index (χ1v) is 9.94. The second kappa shape index (κ2) is 7.32. The van der Waals surface area contributed by atoms with Crippen LogP contribution < -0.4 is 5.32 Å². The van der Waals surface area contributed by atoms with Gasteiger partial charge >= 0.3 is 0 Å². The van der Waals surface area contributed by atoms with Gasteiger partial charge in [-0.3, -0.25) is 10.1 Å². The van der Waals surface area contributed by atoms with E-state index in [-0.39, 0.29) is 5.75 Å². The third kappa shape index (κ3) is 4.13. The lowest BCUT2D eigenvalue weighted by molar-refractivity contribution is -0.115. The van der Waals surface area contributed by atoms with Crippen LogP contribution in [0.5, 0.6) is 0 Å². The zero-order valence-corrected chi connectivity index (χ0v) is 14.3. The number of rotatable bonds is 6. The van der Waals surface area contributed by atoms with Gasteiger partial charge in [-0.2, -0.15) is 0 Å². The fourth-order valence-corrected chi connectivity index (χ4v) is 4.40. The quantitative estimate of drug-likeness (QED) is 0.802. The zero-order valence-electron chi connectivity index (χ0n) is 12.6. The summed E-state index contributed by atoms with van der Waals surface area (Å²) in [6, 6.07) is 0. The molecule has 8 heteroatoms. The van der Waals surface area contributed by atoms with Crippen LogP contribution in [-0.2, 0) is 14.6 Å². The predicted molar refractivity (Wildman–Crippen MR) is 87.8 cm³/mol. The molecule has 2 rings (SSSR count). The van der Waals surface area contributed by atoms with Crippen molar-refractivity contribution in [3.63, 3.8) is 0 Å². The molecule has 6 nitrogen and oxygen atoms in total. The van der Waals surface area contributed by atoms with Crippen LogP contribution in [0.15, 0.2) is 12.7 Å². The highest BCUT2D eigenvalue weighted by Crippen LogP contribution is 2.35. The average Bonchev–Trinajstić information content (AvgIpc) is 2.95. The Morgan fingerprint density at radius 1 is 1.41 bits per heavy atom. The number of anilines is 1. The molecule has 0 aromatic carbocycles. The van der Waals surface area contributed by atoms with Gasteiger partial charge in [-0.05, 0) is 19.8 Å². The number of hydrogen-bond acceptors (Lipinski definition) is 6. The molecule has 1 N–H and O–H groups in total. The van der Waals surface area contributed by atoms with Crippen LogP contribution in [0.1, 0.15) is 50.0 Å². The van der Waals surface area contributed by atoms with Crippen molar-refractivity contribution in [1.29, 1.82) is 0 Å². The Bertz CT molecular complexity index is 634. The van der Waals surface area contributed by atoms with Crippen LogP contribution in [0.4, 0.5) is 5.13 Å². The molecule has 0 radical (unpaired) electrons. The minimum atomic E-state index is -3.52. The van der Waals surface area contributed by atoms with E-state index in [1.165, 1.54) is 43.6 Å². The van der Waals surface area contributed by atoms with Gasteiger partial charge in [-0.1, -0.05) is 36.7 Å². The summed E-state index contributed by atoms with van der Waals surface area (Å²) in [6.07, 6.45) is 7.15. The van der Waals surface area contributed by atoms with Gasteiger partial charge in [-0.25, -0.2) is 8.42 Å². The van der Waals surface area contributed by atoms with E-state index in [0.717, 1.165) is 17.8 Å². The maximum absolute atomic E-state index is 12.0. The summed E-state index contributed by atoms with van der Waals surface area (Å²) in [4.78, 5) is 12.0. The minimum absolute atomic E-state index is 0.217. The van der Waals surface area contributed by atoms with Crippen LogP contribution in [0, 0.1) is 0 Å². The Hall–Kier alpha value is -1.28. The molecular weight excluding hydrogens is 322 g/mol. The molecule has 1 atom stereocenters. The lowest BCUT2D eigenvalue weighted by atomic mass is 9.90. The van der Waals surface area contributed by atoms with Crippen molar-refractivity contribution in [3.8, 4) is 0 Å². The van der Waals surface area contributed by atoms with Crippen molar-refractivity contribution in [1.82, 2.24) is 10.2 Å². The number of nitrogens with zero attached hydrogens (tertiary/aromatic N) is 2. The summed E-state index contributed by atoms with van der Waals surface area (Å²) in [5.41, 5.74) is 0. The van der Waals surface area contributed by atoms with E-state index >= 15 is 0 Å². The van der Waals surface area contributed by atoms with Crippen LogP contribution in [0.2, 0.25) is 0 Å². The van der Waals surface area contributed by atoms with E-state index in [0.29, 0.717) is 11.0 Å². The second-order valence-corrected chi connectivity index (χ2v) is 8.91. The molecule has 1 unspecified atom stereocenters. The third-order valence-electron chi connectivity index (χ3n) is 3.88. The Morgan fingerprint density at radius 2 is 2.09 bits per heavy atom. The van der Waals surface area contributed by atoms with Gasteiger partial charge in [0.1, 0.15) is 10.3 Å². The van der Waals surface area contributed by atoms with E-state index in [1.807, 2.05) is 0 Å². The highest BCUT2D eigenvalue weighted by Gasteiger charge is 2.28. The largest absolute Gasteiger partial charge is 0.299 e. The van der Waals surface area contributed by atoms with Gasteiger partial charge in [0.05, 0.1) is 5.75 Å². The van der Waals surface area contributed by atoms with Crippen molar-refractivity contribution in [2.24, 2.45) is 0 Å². The molecule has 0 saturated heterocycles. The maximum Gasteiger partial charge on any atom is 0.244 e. The smallest absolute Gasteiger partial charge is 0.244 e. The van der Waals surface area contributed by atoms with Crippen molar-refractivity contribution in [2.45, 2.75) is 50.2 Å². The number of aromatic nitrogens is 2. The summed E-state index contributed by atoms with van der Waals surface area (Å²) in [5, 5.41) is 10.8. The van der Waals surface area contributed by atoms with E-state index in [2.05, 4.69) is 22.1 Å². The molecule has 1 aromatic heterocycles. The van der Waals surface area contributed by atoms with Crippen LogP contribution >= 0.6 is 11.3 Å². The number of sulfone groups is 1. The molecule has 1 aliphatic carbocycles. The molecule has 1 heterocycles. The van der Waals surface area contributed by atoms with E-state index in [1.54, 1.807) is 0 Å². The van der Waals surface area contributed by atoms with Gasteiger partial charge in [0.15, 0.2) is 9.84 Å². The van der Waals surface area contributed by atoms with Crippen LogP contribution in [-0.4, -0.2) is 35.5 Å². The summed E-state index contributed by atoms with van der Waals surface area (Å²) in [5.74, 6) is -0.377. The number of carbonyl (C=O) groups is 1. The van der Waals surface area contributed by atoms with Gasteiger partial charge < -0.3 is 0 Å². The molecule has 0 spiro atoms. The second-order valence-electron chi connectivity index (χ2n) is 5.53. The van der Waals surface area contributed by atoms with Gasteiger partial charge in [0, 0.05) is 5.92 Å². The fraction of sp³-hybridized carbons (Fsp3) is 0.643. The van der Waals surface area contributed by atoms with Gasteiger partial charge in [-0.15, -0.1) is 16.8 Å². The number of amides is 1. The SMILES string of the molecule is C=CCS(=O)(=O)C(C)C(=O)Nc1nnc(C2CCCCC2)s1. The zero-order chi connectivity index (χ0) is 16.2. The lowest BCUT2D eigenvalue weighted by Gasteiger charge is -2.18. The topological polar surface area (TPSA) is 89.0 Å².